The number of nitrogens with zero attached hydrogens (tertiary/aromatic N) is 2. The Morgan fingerprint density at radius 1 is 1.25 bits per heavy atom. The van der Waals surface area contributed by atoms with Gasteiger partial charge in [-0.15, -0.1) is 0 Å². The highest BCUT2D eigenvalue weighted by Gasteiger charge is 2.29. The lowest BCUT2D eigenvalue weighted by atomic mass is 10.2. The zero-order valence-corrected chi connectivity index (χ0v) is 10.4. The standard InChI is InChI=1S/C12H23N3O/c1-14(2)12(16)15(8-10-5-6-10)9-11-4-3-7-13-11/h10-11,13H,3-9H2,1-2H3. The Morgan fingerprint density at radius 2 is 2.00 bits per heavy atom. The molecule has 2 aliphatic rings. The minimum absolute atomic E-state index is 0.167. The molecule has 1 atom stereocenters. The van der Waals surface area contributed by atoms with E-state index in [2.05, 4.69) is 5.32 Å². The van der Waals surface area contributed by atoms with Crippen LogP contribution in [0.3, 0.4) is 0 Å². The van der Waals surface area contributed by atoms with Gasteiger partial charge in [-0.3, -0.25) is 0 Å². The maximum Gasteiger partial charge on any atom is 0.319 e. The summed E-state index contributed by atoms with van der Waals surface area (Å²) in [7, 11) is 3.68. The molecule has 1 unspecified atom stereocenters. The molecule has 2 fully saturated rings. The number of hydrogen-bond acceptors (Lipinski definition) is 2. The highest BCUT2D eigenvalue weighted by molar-refractivity contribution is 5.73. The van der Waals surface area contributed by atoms with E-state index in [0.717, 1.165) is 25.6 Å². The lowest BCUT2D eigenvalue weighted by molar-refractivity contribution is 0.163. The van der Waals surface area contributed by atoms with Gasteiger partial charge in [0.1, 0.15) is 0 Å². The Bertz CT molecular complexity index is 245. The number of hydrogen-bond donors (Lipinski definition) is 1. The highest BCUT2D eigenvalue weighted by Crippen LogP contribution is 2.30. The molecule has 4 heteroatoms. The van der Waals surface area contributed by atoms with E-state index in [0.29, 0.717) is 6.04 Å². The Labute approximate surface area is 98.0 Å². The number of carbonyl (C=O) groups is 1. The molecular formula is C12H23N3O. The van der Waals surface area contributed by atoms with E-state index in [1.807, 2.05) is 19.0 Å². The summed E-state index contributed by atoms with van der Waals surface area (Å²) in [5.74, 6) is 0.769. The molecule has 1 aliphatic carbocycles. The molecule has 92 valence electrons. The third-order valence-corrected chi connectivity index (χ3v) is 3.43. The molecular weight excluding hydrogens is 202 g/mol. The van der Waals surface area contributed by atoms with Crippen LogP contribution in [0.25, 0.3) is 0 Å². The van der Waals surface area contributed by atoms with E-state index < -0.39 is 0 Å². The first-order valence-corrected chi connectivity index (χ1v) is 6.36. The molecule has 1 N–H and O–H groups in total. The average Bonchev–Trinajstić information content (AvgIpc) is 2.91. The molecule has 1 heterocycles. The molecule has 0 bridgehead atoms. The molecule has 4 nitrogen and oxygen atoms in total. The molecule has 2 rings (SSSR count). The van der Waals surface area contributed by atoms with Crippen LogP contribution >= 0.6 is 0 Å². The summed E-state index contributed by atoms with van der Waals surface area (Å²) >= 11 is 0. The fourth-order valence-corrected chi connectivity index (χ4v) is 2.30. The Balaban J connectivity index is 1.87. The van der Waals surface area contributed by atoms with Crippen molar-refractivity contribution < 1.29 is 4.79 Å². The Kier molecular flexibility index (Phi) is 3.69. The zero-order chi connectivity index (χ0) is 11.5. The van der Waals surface area contributed by atoms with E-state index in [-0.39, 0.29) is 6.03 Å². The minimum atomic E-state index is 0.167. The molecule has 0 spiro atoms. The van der Waals surface area contributed by atoms with Gasteiger partial charge >= 0.3 is 6.03 Å². The lowest BCUT2D eigenvalue weighted by Crippen LogP contribution is -2.46. The van der Waals surface area contributed by atoms with E-state index in [4.69, 9.17) is 0 Å². The first-order chi connectivity index (χ1) is 7.66. The second kappa shape index (κ2) is 5.04. The number of amides is 2. The van der Waals surface area contributed by atoms with E-state index in [1.54, 1.807) is 4.90 Å². The molecule has 1 aliphatic heterocycles. The maximum absolute atomic E-state index is 12.0. The molecule has 0 aromatic heterocycles. The smallest absolute Gasteiger partial charge is 0.319 e. The SMILES string of the molecule is CN(C)C(=O)N(CC1CC1)CC1CCCN1. The first-order valence-electron chi connectivity index (χ1n) is 6.36. The summed E-state index contributed by atoms with van der Waals surface area (Å²) in [4.78, 5) is 15.7. The van der Waals surface area contributed by atoms with Crippen molar-refractivity contribution in [2.45, 2.75) is 31.7 Å². The van der Waals surface area contributed by atoms with E-state index in [9.17, 15) is 4.79 Å². The van der Waals surface area contributed by atoms with Crippen molar-refractivity contribution in [3.8, 4) is 0 Å². The zero-order valence-electron chi connectivity index (χ0n) is 10.4. The second-order valence-electron chi connectivity index (χ2n) is 5.32. The number of carbonyl (C=O) groups excluding carboxylic acids is 1. The van der Waals surface area contributed by atoms with Crippen molar-refractivity contribution >= 4 is 6.03 Å². The van der Waals surface area contributed by atoms with Gasteiger partial charge < -0.3 is 15.1 Å². The van der Waals surface area contributed by atoms with Crippen molar-refractivity contribution in [2.24, 2.45) is 5.92 Å². The van der Waals surface area contributed by atoms with Crippen molar-refractivity contribution in [3.05, 3.63) is 0 Å². The molecule has 0 radical (unpaired) electrons. The minimum Gasteiger partial charge on any atom is -0.331 e. The monoisotopic (exact) mass is 225 g/mol. The summed E-state index contributed by atoms with van der Waals surface area (Å²) in [6, 6.07) is 0.684. The van der Waals surface area contributed by atoms with Gasteiger partial charge in [-0.05, 0) is 38.1 Å². The topological polar surface area (TPSA) is 35.6 Å². The number of nitrogens with one attached hydrogen (secondary N) is 1. The Hall–Kier alpha value is -0.770. The summed E-state index contributed by atoms with van der Waals surface area (Å²) < 4.78 is 0. The lowest BCUT2D eigenvalue weighted by Gasteiger charge is -2.28. The van der Waals surface area contributed by atoms with Crippen LogP contribution in [0.1, 0.15) is 25.7 Å². The largest absolute Gasteiger partial charge is 0.331 e. The summed E-state index contributed by atoms with van der Waals surface area (Å²) in [5.41, 5.74) is 0. The second-order valence-corrected chi connectivity index (χ2v) is 5.32. The van der Waals surface area contributed by atoms with Gasteiger partial charge in [-0.1, -0.05) is 0 Å². The summed E-state index contributed by atoms with van der Waals surface area (Å²) in [6.45, 7) is 2.95. The van der Waals surface area contributed by atoms with Crippen molar-refractivity contribution in [1.82, 2.24) is 15.1 Å². The van der Waals surface area contributed by atoms with Gasteiger partial charge in [0.2, 0.25) is 0 Å². The van der Waals surface area contributed by atoms with Gasteiger partial charge in [-0.25, -0.2) is 4.79 Å². The molecule has 1 saturated heterocycles. The van der Waals surface area contributed by atoms with Crippen LogP contribution in [0, 0.1) is 5.92 Å². The number of urea groups is 1. The van der Waals surface area contributed by atoms with Crippen LogP contribution in [-0.4, -0.2) is 55.6 Å². The predicted octanol–water partition coefficient (Wildman–Crippen LogP) is 1.13. The average molecular weight is 225 g/mol. The van der Waals surface area contributed by atoms with Gasteiger partial charge in [-0.2, -0.15) is 0 Å². The summed E-state index contributed by atoms with van der Waals surface area (Å²) in [5, 5.41) is 3.46. The normalized spacial score (nSPS) is 24.5. The first kappa shape index (κ1) is 11.7. The van der Waals surface area contributed by atoms with Crippen LogP contribution in [0.5, 0.6) is 0 Å². The van der Waals surface area contributed by atoms with Crippen LogP contribution in [0.15, 0.2) is 0 Å². The van der Waals surface area contributed by atoms with Crippen LogP contribution in [0.4, 0.5) is 4.79 Å². The van der Waals surface area contributed by atoms with E-state index in [1.165, 1.54) is 25.7 Å². The third-order valence-electron chi connectivity index (χ3n) is 3.43. The van der Waals surface area contributed by atoms with E-state index >= 15 is 0 Å². The van der Waals surface area contributed by atoms with Crippen LogP contribution < -0.4 is 5.32 Å². The Morgan fingerprint density at radius 3 is 2.50 bits per heavy atom. The van der Waals surface area contributed by atoms with Crippen LogP contribution in [-0.2, 0) is 0 Å². The highest BCUT2D eigenvalue weighted by atomic mass is 16.2. The molecule has 2 amide bonds. The van der Waals surface area contributed by atoms with Crippen molar-refractivity contribution in [1.29, 1.82) is 0 Å². The maximum atomic E-state index is 12.0. The van der Waals surface area contributed by atoms with Gasteiger partial charge in [0.15, 0.2) is 0 Å². The summed E-state index contributed by atoms with van der Waals surface area (Å²) in [6.07, 6.45) is 5.06. The predicted molar refractivity (Wildman–Crippen MR) is 64.4 cm³/mol. The van der Waals surface area contributed by atoms with Crippen molar-refractivity contribution in [2.75, 3.05) is 33.7 Å². The quantitative estimate of drug-likeness (QED) is 0.778. The molecule has 1 saturated carbocycles. The fourth-order valence-electron chi connectivity index (χ4n) is 2.30. The molecule has 16 heavy (non-hydrogen) atoms. The fraction of sp³-hybridized carbons (Fsp3) is 0.917. The third kappa shape index (κ3) is 3.11. The van der Waals surface area contributed by atoms with Crippen molar-refractivity contribution in [3.63, 3.8) is 0 Å². The van der Waals surface area contributed by atoms with Gasteiger partial charge in [0.25, 0.3) is 0 Å². The molecule has 0 aromatic carbocycles. The number of rotatable bonds is 4. The van der Waals surface area contributed by atoms with Crippen LogP contribution in [0.2, 0.25) is 0 Å². The van der Waals surface area contributed by atoms with Gasteiger partial charge in [0, 0.05) is 33.2 Å². The van der Waals surface area contributed by atoms with Gasteiger partial charge in [0.05, 0.1) is 0 Å². The molecule has 0 aromatic rings.